The van der Waals surface area contributed by atoms with Crippen molar-refractivity contribution in [3.8, 4) is 0 Å². The molecule has 5 heteroatoms. The highest BCUT2D eigenvalue weighted by atomic mass is 19.1. The number of esters is 1. The first kappa shape index (κ1) is 24.0. The van der Waals surface area contributed by atoms with Gasteiger partial charge in [-0.05, 0) is 73.4 Å². The van der Waals surface area contributed by atoms with Crippen LogP contribution in [0.25, 0.3) is 0 Å². The van der Waals surface area contributed by atoms with Gasteiger partial charge in [0.25, 0.3) is 0 Å². The summed E-state index contributed by atoms with van der Waals surface area (Å²) in [5.74, 6) is 1.45. The molecule has 2 aromatic rings. The van der Waals surface area contributed by atoms with Gasteiger partial charge in [0, 0.05) is 18.3 Å². The molecule has 1 saturated carbocycles. The lowest BCUT2D eigenvalue weighted by Gasteiger charge is -2.37. The molecule has 4 nitrogen and oxygen atoms in total. The predicted molar refractivity (Wildman–Crippen MR) is 129 cm³/mol. The Morgan fingerprint density at radius 2 is 1.84 bits per heavy atom. The van der Waals surface area contributed by atoms with Gasteiger partial charge in [-0.1, -0.05) is 45.4 Å². The van der Waals surface area contributed by atoms with Crippen LogP contribution in [0.3, 0.4) is 0 Å². The van der Waals surface area contributed by atoms with Crippen molar-refractivity contribution in [2.75, 3.05) is 18.5 Å². The number of aliphatic imine (C=N–C) groups is 1. The predicted octanol–water partition coefficient (Wildman–Crippen LogP) is 6.02. The van der Waals surface area contributed by atoms with E-state index in [-0.39, 0.29) is 24.4 Å². The first-order chi connectivity index (χ1) is 15.3. The number of carbonyl (C=O) groups is 1. The molecule has 0 saturated heterocycles. The van der Waals surface area contributed by atoms with Crippen molar-refractivity contribution < 1.29 is 13.9 Å². The summed E-state index contributed by atoms with van der Waals surface area (Å²) in [6.45, 7) is 8.69. The van der Waals surface area contributed by atoms with Gasteiger partial charge in [0.2, 0.25) is 0 Å². The lowest BCUT2D eigenvalue weighted by molar-refractivity contribution is -0.154. The highest BCUT2D eigenvalue weighted by Gasteiger charge is 2.34. The minimum atomic E-state index is -0.308. The van der Waals surface area contributed by atoms with Crippen LogP contribution in [0.5, 0.6) is 0 Å². The molecule has 1 aliphatic rings. The Hall–Kier alpha value is -2.69. The zero-order valence-electron chi connectivity index (χ0n) is 19.8. The van der Waals surface area contributed by atoms with Crippen molar-refractivity contribution in [1.29, 1.82) is 0 Å². The second-order valence-electron chi connectivity index (χ2n) is 9.28. The molecule has 1 aliphatic carbocycles. The van der Waals surface area contributed by atoms with Crippen molar-refractivity contribution in [3.63, 3.8) is 0 Å². The number of hydrogen-bond donors (Lipinski definition) is 0. The van der Waals surface area contributed by atoms with Gasteiger partial charge < -0.3 is 9.64 Å². The zero-order chi connectivity index (χ0) is 23.3. The van der Waals surface area contributed by atoms with Crippen LogP contribution in [0.15, 0.2) is 53.5 Å². The highest BCUT2D eigenvalue weighted by molar-refractivity contribution is 6.12. The summed E-state index contributed by atoms with van der Waals surface area (Å²) in [5.41, 5.74) is 2.65. The standard InChI is InChI=1S/C27H35FN2O2/c1-18(2)23-15-10-19(3)16-25(23)32-26(31)17-30(24-9-7-6-8-20(24)4)27(29-5)21-11-13-22(28)14-12-21/h6-9,11-14,18-19,23,25H,10,15-17H2,1-5H3/b29-27+/t19-,23+,25-/m1/s1. The SMILES string of the molecule is C/N=C(\c1ccc(F)cc1)N(CC(=O)O[C@@H]1C[C@H](C)CC[C@H]1C(C)C)c1ccccc1C. The van der Waals surface area contributed by atoms with Gasteiger partial charge in [-0.3, -0.25) is 9.79 Å². The topological polar surface area (TPSA) is 41.9 Å². The Balaban J connectivity index is 1.88. The number of benzene rings is 2. The first-order valence-corrected chi connectivity index (χ1v) is 11.6. The van der Waals surface area contributed by atoms with Crippen molar-refractivity contribution in [1.82, 2.24) is 0 Å². The number of para-hydroxylation sites is 1. The molecular weight excluding hydrogens is 403 g/mol. The Kier molecular flexibility index (Phi) is 8.05. The summed E-state index contributed by atoms with van der Waals surface area (Å²) in [7, 11) is 1.69. The van der Waals surface area contributed by atoms with Crippen LogP contribution in [0, 0.1) is 30.5 Å². The average molecular weight is 439 g/mol. The van der Waals surface area contributed by atoms with Gasteiger partial charge in [-0.2, -0.15) is 0 Å². The molecule has 0 heterocycles. The third-order valence-electron chi connectivity index (χ3n) is 6.51. The molecule has 0 unspecified atom stereocenters. The van der Waals surface area contributed by atoms with E-state index in [2.05, 4.69) is 25.8 Å². The van der Waals surface area contributed by atoms with E-state index in [1.807, 2.05) is 36.1 Å². The van der Waals surface area contributed by atoms with E-state index in [9.17, 15) is 9.18 Å². The summed E-state index contributed by atoms with van der Waals surface area (Å²) in [5, 5.41) is 0. The van der Waals surface area contributed by atoms with Crippen LogP contribution in [-0.2, 0) is 9.53 Å². The zero-order valence-corrected chi connectivity index (χ0v) is 19.8. The highest BCUT2D eigenvalue weighted by Crippen LogP contribution is 2.35. The molecule has 1 fully saturated rings. The quantitative estimate of drug-likeness (QED) is 0.315. The smallest absolute Gasteiger partial charge is 0.326 e. The number of aryl methyl sites for hydroxylation is 1. The minimum absolute atomic E-state index is 0.0462. The Bertz CT molecular complexity index is 939. The summed E-state index contributed by atoms with van der Waals surface area (Å²) < 4.78 is 19.6. The molecule has 0 aromatic heterocycles. The lowest BCUT2D eigenvalue weighted by atomic mass is 9.75. The number of rotatable bonds is 6. The van der Waals surface area contributed by atoms with Gasteiger partial charge in [-0.15, -0.1) is 0 Å². The third-order valence-corrected chi connectivity index (χ3v) is 6.51. The fourth-order valence-corrected chi connectivity index (χ4v) is 4.73. The van der Waals surface area contributed by atoms with Crippen molar-refractivity contribution in [3.05, 3.63) is 65.5 Å². The maximum absolute atomic E-state index is 13.5. The molecule has 3 rings (SSSR count). The second kappa shape index (κ2) is 10.8. The Morgan fingerprint density at radius 3 is 2.47 bits per heavy atom. The van der Waals surface area contributed by atoms with Crippen molar-refractivity contribution in [2.45, 2.75) is 53.1 Å². The van der Waals surface area contributed by atoms with E-state index >= 15 is 0 Å². The lowest BCUT2D eigenvalue weighted by Crippen LogP contribution is -2.41. The molecule has 0 amide bonds. The number of hydrogen-bond acceptors (Lipinski definition) is 3. The molecular formula is C27H35FN2O2. The van der Waals surface area contributed by atoms with Gasteiger partial charge in [0.15, 0.2) is 0 Å². The Labute approximate surface area is 191 Å². The summed E-state index contributed by atoms with van der Waals surface area (Å²) >= 11 is 0. The van der Waals surface area contributed by atoms with Crippen LogP contribution < -0.4 is 4.90 Å². The molecule has 172 valence electrons. The second-order valence-corrected chi connectivity index (χ2v) is 9.28. The third kappa shape index (κ3) is 5.76. The van der Waals surface area contributed by atoms with Crippen LogP contribution in [0.2, 0.25) is 0 Å². The number of carbonyl (C=O) groups excluding carboxylic acids is 1. The molecule has 0 aliphatic heterocycles. The fraction of sp³-hybridized carbons (Fsp3) is 0.481. The van der Waals surface area contributed by atoms with E-state index in [0.717, 1.165) is 29.7 Å². The largest absolute Gasteiger partial charge is 0.461 e. The van der Waals surface area contributed by atoms with Gasteiger partial charge in [0.05, 0.1) is 0 Å². The first-order valence-electron chi connectivity index (χ1n) is 11.6. The molecule has 2 aromatic carbocycles. The van der Waals surface area contributed by atoms with Crippen LogP contribution in [0.1, 0.15) is 51.2 Å². The van der Waals surface area contributed by atoms with Crippen LogP contribution >= 0.6 is 0 Å². The molecule has 3 atom stereocenters. The number of anilines is 1. The van der Waals surface area contributed by atoms with E-state index in [1.165, 1.54) is 18.6 Å². The average Bonchev–Trinajstić information content (AvgIpc) is 2.75. The number of halogens is 1. The van der Waals surface area contributed by atoms with Gasteiger partial charge in [0.1, 0.15) is 24.3 Å². The van der Waals surface area contributed by atoms with Crippen LogP contribution in [-0.4, -0.2) is 31.5 Å². The molecule has 0 radical (unpaired) electrons. The Morgan fingerprint density at radius 1 is 1.16 bits per heavy atom. The van der Waals surface area contributed by atoms with E-state index < -0.39 is 0 Å². The monoisotopic (exact) mass is 438 g/mol. The van der Waals surface area contributed by atoms with Crippen LogP contribution in [0.4, 0.5) is 10.1 Å². The van der Waals surface area contributed by atoms with E-state index in [0.29, 0.717) is 23.6 Å². The van der Waals surface area contributed by atoms with Crippen molar-refractivity contribution in [2.24, 2.45) is 22.7 Å². The van der Waals surface area contributed by atoms with E-state index in [1.54, 1.807) is 19.2 Å². The maximum atomic E-state index is 13.5. The molecule has 0 bridgehead atoms. The molecule has 0 N–H and O–H groups in total. The normalized spacial score (nSPS) is 21.5. The maximum Gasteiger partial charge on any atom is 0.326 e. The summed E-state index contributed by atoms with van der Waals surface area (Å²) in [6, 6.07) is 14.1. The number of nitrogens with zero attached hydrogens (tertiary/aromatic N) is 2. The minimum Gasteiger partial charge on any atom is -0.461 e. The summed E-state index contributed by atoms with van der Waals surface area (Å²) in [6.07, 6.45) is 3.13. The van der Waals surface area contributed by atoms with Gasteiger partial charge >= 0.3 is 5.97 Å². The summed E-state index contributed by atoms with van der Waals surface area (Å²) in [4.78, 5) is 19.6. The fourth-order valence-electron chi connectivity index (χ4n) is 4.73. The number of ether oxygens (including phenoxy) is 1. The molecule has 0 spiro atoms. The van der Waals surface area contributed by atoms with Crippen molar-refractivity contribution >= 4 is 17.5 Å². The van der Waals surface area contributed by atoms with E-state index in [4.69, 9.17) is 4.74 Å². The molecule has 32 heavy (non-hydrogen) atoms. The van der Waals surface area contributed by atoms with Gasteiger partial charge in [-0.25, -0.2) is 4.39 Å². The number of amidine groups is 1.